The predicted octanol–water partition coefficient (Wildman–Crippen LogP) is 4.71. The summed E-state index contributed by atoms with van der Waals surface area (Å²) in [6.07, 6.45) is 0. The van der Waals surface area contributed by atoms with Crippen LogP contribution in [-0.4, -0.2) is 7.05 Å². The maximum atomic E-state index is 13.3. The minimum Gasteiger partial charge on any atom is -0.309 e. The van der Waals surface area contributed by atoms with Crippen LogP contribution in [0.5, 0.6) is 0 Å². The maximum Gasteiger partial charge on any atom is 0.123 e. The second kappa shape index (κ2) is 5.94. The van der Waals surface area contributed by atoms with E-state index in [0.29, 0.717) is 0 Å². The number of nitrogens with one attached hydrogen (secondary N) is 1. The minimum atomic E-state index is -0.215. The molecule has 0 aliphatic heterocycles. The molecule has 0 aliphatic rings. The van der Waals surface area contributed by atoms with E-state index in [1.54, 1.807) is 6.07 Å². The third-order valence-corrected chi connectivity index (χ3v) is 4.08. The average molecular weight is 292 g/mol. The molecule has 3 heteroatoms. The largest absolute Gasteiger partial charge is 0.309 e. The van der Waals surface area contributed by atoms with E-state index in [4.69, 9.17) is 11.6 Å². The summed E-state index contributed by atoms with van der Waals surface area (Å²) in [7, 11) is 1.89. The van der Waals surface area contributed by atoms with E-state index in [-0.39, 0.29) is 11.9 Å². The molecule has 1 nitrogen and oxygen atoms in total. The third kappa shape index (κ3) is 2.87. The Morgan fingerprint density at radius 2 is 1.60 bits per heavy atom. The van der Waals surface area contributed by atoms with Gasteiger partial charge >= 0.3 is 0 Å². The van der Waals surface area contributed by atoms with E-state index in [9.17, 15) is 4.39 Å². The van der Waals surface area contributed by atoms with Gasteiger partial charge in [-0.3, -0.25) is 0 Å². The summed E-state index contributed by atoms with van der Waals surface area (Å²) < 4.78 is 13.3. The number of hydrogen-bond donors (Lipinski definition) is 1. The van der Waals surface area contributed by atoms with Crippen LogP contribution in [-0.2, 0) is 0 Å². The Labute approximate surface area is 124 Å². The molecule has 1 unspecified atom stereocenters. The average Bonchev–Trinajstić information content (AvgIpc) is 2.38. The van der Waals surface area contributed by atoms with E-state index in [1.807, 2.05) is 33.0 Å². The summed E-state index contributed by atoms with van der Waals surface area (Å²) in [6, 6.07) is 8.90. The second-order valence-corrected chi connectivity index (χ2v) is 5.59. The van der Waals surface area contributed by atoms with Gasteiger partial charge in [-0.25, -0.2) is 4.39 Å². The smallest absolute Gasteiger partial charge is 0.123 e. The molecule has 0 amide bonds. The lowest BCUT2D eigenvalue weighted by Gasteiger charge is -2.21. The zero-order valence-corrected chi connectivity index (χ0v) is 13.0. The van der Waals surface area contributed by atoms with Crippen molar-refractivity contribution in [1.29, 1.82) is 0 Å². The molecule has 1 N–H and O–H groups in total. The highest BCUT2D eigenvalue weighted by Crippen LogP contribution is 2.32. The standard InChI is InChI=1S/C17H19ClFN/c1-10-8-15(16(18)9-11(10)2)17(20-4)14-6-5-13(19)7-12(14)3/h5-9,17,20H,1-4H3. The first-order valence-electron chi connectivity index (χ1n) is 6.64. The second-order valence-electron chi connectivity index (χ2n) is 5.18. The van der Waals surface area contributed by atoms with Gasteiger partial charge in [0.1, 0.15) is 5.82 Å². The first kappa shape index (κ1) is 15.0. The molecule has 0 saturated heterocycles. The van der Waals surface area contributed by atoms with Crippen LogP contribution in [0.25, 0.3) is 0 Å². The highest BCUT2D eigenvalue weighted by Gasteiger charge is 2.18. The maximum absolute atomic E-state index is 13.3. The minimum absolute atomic E-state index is 0.0394. The van der Waals surface area contributed by atoms with E-state index in [2.05, 4.69) is 18.3 Å². The van der Waals surface area contributed by atoms with Crippen LogP contribution in [0.2, 0.25) is 5.02 Å². The first-order chi connectivity index (χ1) is 9.43. The predicted molar refractivity (Wildman–Crippen MR) is 83.0 cm³/mol. The fourth-order valence-corrected chi connectivity index (χ4v) is 2.79. The van der Waals surface area contributed by atoms with Crippen molar-refractivity contribution in [2.45, 2.75) is 26.8 Å². The van der Waals surface area contributed by atoms with Crippen molar-refractivity contribution in [2.24, 2.45) is 0 Å². The van der Waals surface area contributed by atoms with Crippen LogP contribution in [0.4, 0.5) is 4.39 Å². The Kier molecular flexibility index (Phi) is 4.46. The zero-order valence-electron chi connectivity index (χ0n) is 12.2. The summed E-state index contributed by atoms with van der Waals surface area (Å²) in [5, 5.41) is 4.01. The molecule has 0 spiro atoms. The van der Waals surface area contributed by atoms with Crippen LogP contribution in [0.15, 0.2) is 30.3 Å². The summed E-state index contributed by atoms with van der Waals surface area (Å²) in [6.45, 7) is 6.03. The van der Waals surface area contributed by atoms with Crippen molar-refractivity contribution in [3.8, 4) is 0 Å². The van der Waals surface area contributed by atoms with E-state index >= 15 is 0 Å². The van der Waals surface area contributed by atoms with Crippen LogP contribution < -0.4 is 5.32 Å². The number of aryl methyl sites for hydroxylation is 3. The van der Waals surface area contributed by atoms with Crippen molar-refractivity contribution in [3.05, 3.63) is 69.0 Å². The molecule has 0 aliphatic carbocycles. The normalized spacial score (nSPS) is 12.5. The lowest BCUT2D eigenvalue weighted by atomic mass is 9.93. The third-order valence-electron chi connectivity index (χ3n) is 3.76. The highest BCUT2D eigenvalue weighted by atomic mass is 35.5. The molecule has 2 rings (SSSR count). The summed E-state index contributed by atoms with van der Waals surface area (Å²) in [4.78, 5) is 0. The Balaban J connectivity index is 2.55. The molecule has 2 aromatic rings. The highest BCUT2D eigenvalue weighted by molar-refractivity contribution is 6.31. The number of rotatable bonds is 3. The van der Waals surface area contributed by atoms with E-state index < -0.39 is 0 Å². The fraction of sp³-hybridized carbons (Fsp3) is 0.294. The van der Waals surface area contributed by atoms with Gasteiger partial charge in [0.25, 0.3) is 0 Å². The van der Waals surface area contributed by atoms with Gasteiger partial charge in [-0.15, -0.1) is 0 Å². The molecule has 0 aromatic heterocycles. The van der Waals surface area contributed by atoms with Gasteiger partial charge in [0, 0.05) is 5.02 Å². The molecule has 0 bridgehead atoms. The number of halogens is 2. The Bertz CT molecular complexity index is 637. The quantitative estimate of drug-likeness (QED) is 0.863. The Morgan fingerprint density at radius 1 is 0.950 bits per heavy atom. The van der Waals surface area contributed by atoms with Gasteiger partial charge < -0.3 is 5.32 Å². The molecule has 0 heterocycles. The van der Waals surface area contributed by atoms with Crippen LogP contribution in [0.3, 0.4) is 0 Å². The van der Waals surface area contributed by atoms with Crippen LogP contribution in [0.1, 0.15) is 33.9 Å². The molecule has 106 valence electrons. The lowest BCUT2D eigenvalue weighted by molar-refractivity contribution is 0.621. The van der Waals surface area contributed by atoms with Crippen molar-refractivity contribution in [3.63, 3.8) is 0 Å². The van der Waals surface area contributed by atoms with E-state index in [0.717, 1.165) is 21.7 Å². The molecular weight excluding hydrogens is 273 g/mol. The lowest BCUT2D eigenvalue weighted by Crippen LogP contribution is -2.19. The van der Waals surface area contributed by atoms with Crippen molar-refractivity contribution >= 4 is 11.6 Å². The van der Waals surface area contributed by atoms with Crippen molar-refractivity contribution < 1.29 is 4.39 Å². The van der Waals surface area contributed by atoms with Gasteiger partial charge in [0.05, 0.1) is 6.04 Å². The topological polar surface area (TPSA) is 12.0 Å². The Morgan fingerprint density at radius 3 is 2.20 bits per heavy atom. The molecule has 0 fully saturated rings. The molecule has 1 atom stereocenters. The molecular formula is C17H19ClFN. The molecule has 0 radical (unpaired) electrons. The van der Waals surface area contributed by atoms with E-state index in [1.165, 1.54) is 17.2 Å². The van der Waals surface area contributed by atoms with Crippen LogP contribution in [0, 0.1) is 26.6 Å². The monoisotopic (exact) mass is 291 g/mol. The summed E-state index contributed by atoms with van der Waals surface area (Å²) >= 11 is 6.39. The molecule has 0 saturated carbocycles. The number of hydrogen-bond acceptors (Lipinski definition) is 1. The first-order valence-corrected chi connectivity index (χ1v) is 7.01. The molecule has 20 heavy (non-hydrogen) atoms. The SMILES string of the molecule is CNC(c1ccc(F)cc1C)c1cc(C)c(C)cc1Cl. The van der Waals surface area contributed by atoms with Gasteiger partial charge in [-0.2, -0.15) is 0 Å². The van der Waals surface area contributed by atoms with Gasteiger partial charge in [-0.05, 0) is 73.8 Å². The van der Waals surface area contributed by atoms with Crippen molar-refractivity contribution in [2.75, 3.05) is 7.05 Å². The van der Waals surface area contributed by atoms with Gasteiger partial charge in [0.15, 0.2) is 0 Å². The Hall–Kier alpha value is -1.38. The van der Waals surface area contributed by atoms with Gasteiger partial charge in [-0.1, -0.05) is 23.7 Å². The van der Waals surface area contributed by atoms with Crippen LogP contribution >= 0.6 is 11.6 Å². The summed E-state index contributed by atoms with van der Waals surface area (Å²) in [5.41, 5.74) is 5.35. The van der Waals surface area contributed by atoms with Crippen molar-refractivity contribution in [1.82, 2.24) is 5.32 Å². The fourth-order valence-electron chi connectivity index (χ4n) is 2.47. The summed E-state index contributed by atoms with van der Waals surface area (Å²) in [5.74, 6) is -0.215. The zero-order chi connectivity index (χ0) is 14.9. The number of benzene rings is 2. The van der Waals surface area contributed by atoms with Gasteiger partial charge in [0.2, 0.25) is 0 Å². The molecule has 2 aromatic carbocycles.